The van der Waals surface area contributed by atoms with Gasteiger partial charge in [0, 0.05) is 5.41 Å². The summed E-state index contributed by atoms with van der Waals surface area (Å²) in [6, 6.07) is 5.85. The van der Waals surface area contributed by atoms with E-state index in [1.165, 1.54) is 4.68 Å². The topological polar surface area (TPSA) is 61.0 Å². The molecule has 0 spiro atoms. The van der Waals surface area contributed by atoms with Crippen molar-refractivity contribution in [2.24, 2.45) is 0 Å². The fraction of sp³-hybridized carbons (Fsp3) is 0.400. The van der Waals surface area contributed by atoms with E-state index in [1.54, 1.807) is 0 Å². The second-order valence-corrected chi connectivity index (χ2v) is 6.55. The molecule has 0 aliphatic carbocycles. The van der Waals surface area contributed by atoms with Crippen LogP contribution in [-0.2, 0) is 5.41 Å². The Morgan fingerprint density at radius 2 is 1.90 bits per heavy atom. The molecule has 1 aromatic carbocycles. The smallest absolute Gasteiger partial charge is 0.258 e. The second kappa shape index (κ2) is 5.15. The minimum Gasteiger partial charge on any atom is -0.258 e. The quantitative estimate of drug-likeness (QED) is 0.612. The number of halogens is 1. The summed E-state index contributed by atoms with van der Waals surface area (Å²) >= 11 is 6.25. The highest BCUT2D eigenvalue weighted by Gasteiger charge is 2.34. The van der Waals surface area contributed by atoms with Gasteiger partial charge in [-0.05, 0) is 31.0 Å². The van der Waals surface area contributed by atoms with Gasteiger partial charge in [0.05, 0.1) is 10.6 Å². The summed E-state index contributed by atoms with van der Waals surface area (Å²) in [4.78, 5) is 10.9. The van der Waals surface area contributed by atoms with Crippen LogP contribution in [0.4, 0.5) is 5.69 Å². The summed E-state index contributed by atoms with van der Waals surface area (Å²) in [7, 11) is 0. The summed E-state index contributed by atoms with van der Waals surface area (Å²) in [5.74, 6) is 0. The zero-order chi connectivity index (χ0) is 15.9. The molecule has 0 N–H and O–H groups in total. The molecule has 0 aliphatic heterocycles. The number of rotatable bonds is 2. The molecule has 0 saturated heterocycles. The number of benzene rings is 1. The van der Waals surface area contributed by atoms with E-state index in [0.717, 1.165) is 16.8 Å². The summed E-state index contributed by atoms with van der Waals surface area (Å²) in [6.45, 7) is 9.53. The van der Waals surface area contributed by atoms with Crippen LogP contribution in [0.3, 0.4) is 0 Å². The van der Waals surface area contributed by atoms with Gasteiger partial charge >= 0.3 is 5.69 Å². The van der Waals surface area contributed by atoms with E-state index in [-0.39, 0.29) is 10.8 Å². The fourth-order valence-electron chi connectivity index (χ4n) is 2.16. The maximum atomic E-state index is 11.4. The van der Waals surface area contributed by atoms with Crippen LogP contribution in [0.25, 0.3) is 5.69 Å². The van der Waals surface area contributed by atoms with Crippen LogP contribution in [0, 0.1) is 24.0 Å². The molecule has 2 aromatic rings. The summed E-state index contributed by atoms with van der Waals surface area (Å²) in [5.41, 5.74) is 2.57. The zero-order valence-corrected chi connectivity index (χ0v) is 13.5. The van der Waals surface area contributed by atoms with Crippen molar-refractivity contribution in [2.45, 2.75) is 40.0 Å². The molecule has 2 rings (SSSR count). The van der Waals surface area contributed by atoms with Crippen molar-refractivity contribution in [1.82, 2.24) is 9.78 Å². The monoisotopic (exact) mass is 307 g/mol. The Bertz CT molecular complexity index is 714. The van der Waals surface area contributed by atoms with E-state index < -0.39 is 10.3 Å². The molecular formula is C15H18ClN3O2. The van der Waals surface area contributed by atoms with Gasteiger partial charge < -0.3 is 0 Å². The number of aromatic nitrogens is 2. The van der Waals surface area contributed by atoms with Gasteiger partial charge in [-0.3, -0.25) is 10.1 Å². The van der Waals surface area contributed by atoms with E-state index in [0.29, 0.717) is 5.69 Å². The van der Waals surface area contributed by atoms with E-state index in [2.05, 4.69) is 5.10 Å². The van der Waals surface area contributed by atoms with Gasteiger partial charge in [-0.15, -0.1) is 0 Å². The Morgan fingerprint density at radius 3 is 2.38 bits per heavy atom. The molecule has 0 unspecified atom stereocenters. The maximum Gasteiger partial charge on any atom is 0.330 e. The van der Waals surface area contributed by atoms with E-state index >= 15 is 0 Å². The molecule has 0 radical (unpaired) electrons. The lowest BCUT2D eigenvalue weighted by molar-refractivity contribution is -0.385. The minimum absolute atomic E-state index is 0.0404. The predicted octanol–water partition coefficient (Wildman–Crippen LogP) is 4.35. The Labute approximate surface area is 128 Å². The molecule has 0 fully saturated rings. The van der Waals surface area contributed by atoms with E-state index in [1.807, 2.05) is 52.8 Å². The second-order valence-electron chi connectivity index (χ2n) is 6.20. The molecule has 1 aromatic heterocycles. The molecule has 6 heteroatoms. The lowest BCUT2D eigenvalue weighted by Crippen LogP contribution is -2.14. The van der Waals surface area contributed by atoms with Crippen molar-refractivity contribution in [1.29, 1.82) is 0 Å². The van der Waals surface area contributed by atoms with Crippen LogP contribution < -0.4 is 0 Å². The van der Waals surface area contributed by atoms with Gasteiger partial charge in [0.15, 0.2) is 0 Å². The largest absolute Gasteiger partial charge is 0.330 e. The average molecular weight is 308 g/mol. The first kappa shape index (κ1) is 15.5. The van der Waals surface area contributed by atoms with Crippen molar-refractivity contribution < 1.29 is 4.92 Å². The summed E-state index contributed by atoms with van der Waals surface area (Å²) in [6.07, 6.45) is 0. The molecule has 21 heavy (non-hydrogen) atoms. The number of nitro groups is 1. The lowest BCUT2D eigenvalue weighted by Gasteiger charge is -2.14. The molecular weight excluding hydrogens is 290 g/mol. The maximum absolute atomic E-state index is 11.4. The standard InChI is InChI=1S/C15H18ClN3O2/c1-9-6-7-10(2)11(8-9)18-14(16)12(19(20)21)13(17-18)15(3,4)5/h6-8H,1-5H3. The SMILES string of the molecule is Cc1ccc(C)c(-n2nc(C(C)(C)C)c([N+](=O)[O-])c2Cl)c1. The van der Waals surface area contributed by atoms with E-state index in [4.69, 9.17) is 11.6 Å². The fourth-order valence-corrected chi connectivity index (χ4v) is 2.45. The molecule has 0 atom stereocenters. The highest BCUT2D eigenvalue weighted by atomic mass is 35.5. The average Bonchev–Trinajstić information content (AvgIpc) is 2.70. The van der Waals surface area contributed by atoms with Crippen LogP contribution in [0.15, 0.2) is 18.2 Å². The van der Waals surface area contributed by atoms with Crippen molar-refractivity contribution >= 4 is 17.3 Å². The van der Waals surface area contributed by atoms with Crippen LogP contribution in [0.2, 0.25) is 5.15 Å². The third-order valence-corrected chi connectivity index (χ3v) is 3.63. The summed E-state index contributed by atoms with van der Waals surface area (Å²) < 4.78 is 1.46. The van der Waals surface area contributed by atoms with Gasteiger partial charge in [0.1, 0.15) is 5.69 Å². The van der Waals surface area contributed by atoms with Gasteiger partial charge in [0.2, 0.25) is 5.15 Å². The van der Waals surface area contributed by atoms with Crippen molar-refractivity contribution in [3.63, 3.8) is 0 Å². The summed E-state index contributed by atoms with van der Waals surface area (Å²) in [5, 5.41) is 15.8. The number of hydrogen-bond donors (Lipinski definition) is 0. The first-order valence-electron chi connectivity index (χ1n) is 6.64. The molecule has 112 valence electrons. The van der Waals surface area contributed by atoms with E-state index in [9.17, 15) is 10.1 Å². The van der Waals surface area contributed by atoms with Gasteiger partial charge in [-0.25, -0.2) is 4.68 Å². The highest BCUT2D eigenvalue weighted by Crippen LogP contribution is 2.37. The highest BCUT2D eigenvalue weighted by molar-refractivity contribution is 6.32. The van der Waals surface area contributed by atoms with Gasteiger partial charge in [-0.2, -0.15) is 5.10 Å². The Kier molecular flexibility index (Phi) is 3.80. The minimum atomic E-state index is -0.463. The Hall–Kier alpha value is -1.88. The molecule has 5 nitrogen and oxygen atoms in total. The van der Waals surface area contributed by atoms with Gasteiger partial charge in [0.25, 0.3) is 0 Å². The number of nitrogens with zero attached hydrogens (tertiary/aromatic N) is 3. The number of hydrogen-bond acceptors (Lipinski definition) is 3. The van der Waals surface area contributed by atoms with Crippen LogP contribution in [-0.4, -0.2) is 14.7 Å². The normalized spacial score (nSPS) is 11.7. The predicted molar refractivity (Wildman–Crippen MR) is 83.4 cm³/mol. The van der Waals surface area contributed by atoms with Crippen molar-refractivity contribution in [3.8, 4) is 5.69 Å². The molecule has 1 heterocycles. The molecule has 0 amide bonds. The Morgan fingerprint density at radius 1 is 1.29 bits per heavy atom. The van der Waals surface area contributed by atoms with Crippen molar-refractivity contribution in [2.75, 3.05) is 0 Å². The van der Waals surface area contributed by atoms with Gasteiger partial charge in [-0.1, -0.05) is 44.5 Å². The molecule has 0 bridgehead atoms. The third-order valence-electron chi connectivity index (χ3n) is 3.29. The van der Waals surface area contributed by atoms with Crippen LogP contribution in [0.1, 0.15) is 37.6 Å². The molecule has 0 saturated carbocycles. The number of aryl methyl sites for hydroxylation is 2. The van der Waals surface area contributed by atoms with Crippen LogP contribution >= 0.6 is 11.6 Å². The first-order valence-corrected chi connectivity index (χ1v) is 7.01. The third kappa shape index (κ3) is 2.78. The van der Waals surface area contributed by atoms with Crippen molar-refractivity contribution in [3.05, 3.63) is 50.3 Å². The molecule has 0 aliphatic rings. The lowest BCUT2D eigenvalue weighted by atomic mass is 9.91. The zero-order valence-electron chi connectivity index (χ0n) is 12.8. The first-order chi connectivity index (χ1) is 9.62. The van der Waals surface area contributed by atoms with Crippen LogP contribution in [0.5, 0.6) is 0 Å². The Balaban J connectivity index is 2.77.